The highest BCUT2D eigenvalue weighted by Gasteiger charge is 2.20. The first-order valence-corrected chi connectivity index (χ1v) is 4.77. The first-order valence-electron chi connectivity index (χ1n) is 4.39. The van der Waals surface area contributed by atoms with Crippen molar-refractivity contribution in [2.75, 3.05) is 7.11 Å². The molecule has 0 aliphatic carbocycles. The van der Waals surface area contributed by atoms with Gasteiger partial charge in [0.05, 0.1) is 25.5 Å². The third kappa shape index (κ3) is 2.97. The number of ether oxygens (including phenoxy) is 1. The van der Waals surface area contributed by atoms with Crippen LogP contribution in [0.4, 0.5) is 0 Å². The summed E-state index contributed by atoms with van der Waals surface area (Å²) in [6.45, 7) is 0. The molecule has 0 fully saturated rings. The Hall–Kier alpha value is -1.53. The Balaban J connectivity index is 2.94. The fourth-order valence-electron chi connectivity index (χ4n) is 1.27. The summed E-state index contributed by atoms with van der Waals surface area (Å²) < 4.78 is 4.63. The number of benzene rings is 1. The lowest BCUT2D eigenvalue weighted by molar-refractivity contribution is -0.142. The van der Waals surface area contributed by atoms with E-state index in [1.165, 1.54) is 7.11 Å². The summed E-state index contributed by atoms with van der Waals surface area (Å²) in [5.41, 5.74) is 0.743. The Morgan fingerprint density at radius 3 is 2.60 bits per heavy atom. The van der Waals surface area contributed by atoms with Gasteiger partial charge in [-0.1, -0.05) is 23.7 Å². The summed E-state index contributed by atoms with van der Waals surface area (Å²) in [5, 5.41) is 9.21. The lowest BCUT2D eigenvalue weighted by atomic mass is 9.97. The van der Waals surface area contributed by atoms with E-state index in [4.69, 9.17) is 16.9 Å². The molecule has 0 unspecified atom stereocenters. The van der Waals surface area contributed by atoms with Crippen molar-refractivity contribution >= 4 is 17.6 Å². The van der Waals surface area contributed by atoms with E-state index >= 15 is 0 Å². The first kappa shape index (κ1) is 11.5. The number of nitrogens with zero attached hydrogens (tertiary/aromatic N) is 1. The average Bonchev–Trinajstić information content (AvgIpc) is 2.26. The van der Waals surface area contributed by atoms with Crippen LogP contribution in [0.5, 0.6) is 0 Å². The molecule has 0 N–H and O–H groups in total. The molecule has 0 aromatic heterocycles. The number of methoxy groups -OCH3 is 1. The normalized spacial score (nSPS) is 11.5. The number of esters is 1. The summed E-state index contributed by atoms with van der Waals surface area (Å²) in [6, 6.07) is 8.78. The van der Waals surface area contributed by atoms with E-state index in [2.05, 4.69) is 4.74 Å². The van der Waals surface area contributed by atoms with Crippen molar-refractivity contribution in [3.63, 3.8) is 0 Å². The quantitative estimate of drug-likeness (QED) is 0.740. The van der Waals surface area contributed by atoms with Crippen LogP contribution in [0.25, 0.3) is 0 Å². The second-order valence-electron chi connectivity index (χ2n) is 2.99. The molecule has 1 aromatic carbocycles. The van der Waals surface area contributed by atoms with Crippen LogP contribution in [0.15, 0.2) is 24.3 Å². The van der Waals surface area contributed by atoms with Gasteiger partial charge in [0, 0.05) is 5.02 Å². The zero-order chi connectivity index (χ0) is 11.3. The Bertz CT molecular complexity index is 381. The molecular weight excluding hydrogens is 214 g/mol. The maximum Gasteiger partial charge on any atom is 0.314 e. The zero-order valence-electron chi connectivity index (χ0n) is 8.24. The summed E-state index contributed by atoms with van der Waals surface area (Å²) in [6.07, 6.45) is 0.105. The van der Waals surface area contributed by atoms with Gasteiger partial charge in [0.2, 0.25) is 0 Å². The molecule has 0 heterocycles. The smallest absolute Gasteiger partial charge is 0.314 e. The van der Waals surface area contributed by atoms with Gasteiger partial charge in [0.25, 0.3) is 0 Å². The molecule has 15 heavy (non-hydrogen) atoms. The van der Waals surface area contributed by atoms with E-state index in [0.29, 0.717) is 5.02 Å². The van der Waals surface area contributed by atoms with Gasteiger partial charge in [-0.05, 0) is 17.7 Å². The number of nitriles is 1. The molecule has 0 saturated carbocycles. The Kier molecular flexibility index (Phi) is 4.14. The minimum atomic E-state index is -0.530. The molecule has 0 saturated heterocycles. The lowest BCUT2D eigenvalue weighted by Gasteiger charge is -2.11. The zero-order valence-corrected chi connectivity index (χ0v) is 8.99. The van der Waals surface area contributed by atoms with Crippen molar-refractivity contribution in [3.05, 3.63) is 34.9 Å². The molecule has 1 atom stereocenters. The van der Waals surface area contributed by atoms with Crippen molar-refractivity contribution in [1.82, 2.24) is 0 Å². The van der Waals surface area contributed by atoms with Gasteiger partial charge in [0.15, 0.2) is 0 Å². The molecule has 0 aliphatic heterocycles. The molecule has 1 rings (SSSR count). The number of hydrogen-bond donors (Lipinski definition) is 0. The molecule has 1 aromatic rings. The highest BCUT2D eigenvalue weighted by Crippen LogP contribution is 2.22. The molecule has 0 amide bonds. The van der Waals surface area contributed by atoms with E-state index in [-0.39, 0.29) is 6.42 Å². The predicted octanol–water partition coefficient (Wildman–Crippen LogP) is 2.51. The van der Waals surface area contributed by atoms with E-state index in [0.717, 1.165) is 5.56 Å². The van der Waals surface area contributed by atoms with E-state index in [9.17, 15) is 4.79 Å². The Labute approximate surface area is 93.2 Å². The van der Waals surface area contributed by atoms with Crippen LogP contribution in [0.3, 0.4) is 0 Å². The maximum atomic E-state index is 11.4. The molecule has 0 spiro atoms. The number of halogens is 1. The largest absolute Gasteiger partial charge is 0.469 e. The number of carbonyl (C=O) groups is 1. The van der Waals surface area contributed by atoms with Gasteiger partial charge in [-0.2, -0.15) is 5.26 Å². The SMILES string of the molecule is COC(=O)[C@H](CC#N)c1ccc(Cl)cc1. The van der Waals surface area contributed by atoms with Gasteiger partial charge in [-0.15, -0.1) is 0 Å². The average molecular weight is 224 g/mol. The van der Waals surface area contributed by atoms with Gasteiger partial charge >= 0.3 is 5.97 Å². The predicted molar refractivity (Wildman–Crippen MR) is 56.4 cm³/mol. The fourth-order valence-corrected chi connectivity index (χ4v) is 1.39. The highest BCUT2D eigenvalue weighted by atomic mass is 35.5. The highest BCUT2D eigenvalue weighted by molar-refractivity contribution is 6.30. The molecule has 78 valence electrons. The fraction of sp³-hybridized carbons (Fsp3) is 0.273. The minimum absolute atomic E-state index is 0.105. The minimum Gasteiger partial charge on any atom is -0.469 e. The first-order chi connectivity index (χ1) is 7.19. The van der Waals surface area contributed by atoms with Crippen LogP contribution >= 0.6 is 11.6 Å². The van der Waals surface area contributed by atoms with Crippen molar-refractivity contribution < 1.29 is 9.53 Å². The molecular formula is C11H10ClNO2. The summed E-state index contributed by atoms with van der Waals surface area (Å²) in [7, 11) is 1.31. The van der Waals surface area contributed by atoms with Gasteiger partial charge in [0.1, 0.15) is 0 Å². The topological polar surface area (TPSA) is 50.1 Å². The van der Waals surface area contributed by atoms with Gasteiger partial charge < -0.3 is 4.74 Å². The van der Waals surface area contributed by atoms with Crippen LogP contribution in [-0.2, 0) is 9.53 Å². The monoisotopic (exact) mass is 223 g/mol. The summed E-state index contributed by atoms with van der Waals surface area (Å²) in [5.74, 6) is -0.934. The van der Waals surface area contributed by atoms with E-state index in [1.54, 1.807) is 24.3 Å². The third-order valence-corrected chi connectivity index (χ3v) is 2.31. The Morgan fingerprint density at radius 2 is 2.13 bits per heavy atom. The van der Waals surface area contributed by atoms with Gasteiger partial charge in [-0.3, -0.25) is 4.79 Å². The standard InChI is InChI=1S/C11H10ClNO2/c1-15-11(14)10(6-7-13)8-2-4-9(12)5-3-8/h2-5,10H,6H2,1H3/t10-/m1/s1. The van der Waals surface area contributed by atoms with Crippen LogP contribution in [0, 0.1) is 11.3 Å². The lowest BCUT2D eigenvalue weighted by Crippen LogP contribution is -2.13. The number of hydrogen-bond acceptors (Lipinski definition) is 3. The molecule has 0 bridgehead atoms. The summed E-state index contributed by atoms with van der Waals surface area (Å²) >= 11 is 5.73. The summed E-state index contributed by atoms with van der Waals surface area (Å²) in [4.78, 5) is 11.4. The molecule has 0 aliphatic rings. The van der Waals surface area contributed by atoms with Crippen LogP contribution in [0.2, 0.25) is 5.02 Å². The molecule has 3 nitrogen and oxygen atoms in total. The molecule has 4 heteroatoms. The second-order valence-corrected chi connectivity index (χ2v) is 3.43. The van der Waals surface area contributed by atoms with E-state index in [1.807, 2.05) is 6.07 Å². The third-order valence-electron chi connectivity index (χ3n) is 2.05. The number of rotatable bonds is 3. The van der Waals surface area contributed by atoms with Crippen molar-refractivity contribution in [1.29, 1.82) is 5.26 Å². The maximum absolute atomic E-state index is 11.4. The van der Waals surface area contributed by atoms with Crippen LogP contribution in [0.1, 0.15) is 17.9 Å². The van der Waals surface area contributed by atoms with Crippen molar-refractivity contribution in [3.8, 4) is 6.07 Å². The van der Waals surface area contributed by atoms with Gasteiger partial charge in [-0.25, -0.2) is 0 Å². The van der Waals surface area contributed by atoms with E-state index < -0.39 is 11.9 Å². The van der Waals surface area contributed by atoms with Crippen LogP contribution < -0.4 is 0 Å². The van der Waals surface area contributed by atoms with Crippen molar-refractivity contribution in [2.45, 2.75) is 12.3 Å². The number of carbonyl (C=O) groups excluding carboxylic acids is 1. The second kappa shape index (κ2) is 5.38. The Morgan fingerprint density at radius 1 is 1.53 bits per heavy atom. The van der Waals surface area contributed by atoms with Crippen molar-refractivity contribution in [2.24, 2.45) is 0 Å². The molecule has 0 radical (unpaired) electrons. The van der Waals surface area contributed by atoms with Crippen LogP contribution in [-0.4, -0.2) is 13.1 Å².